The molecule has 0 aromatic heterocycles. The fourth-order valence-electron chi connectivity index (χ4n) is 3.65. The van der Waals surface area contributed by atoms with Gasteiger partial charge in [0, 0.05) is 33.7 Å². The average Bonchev–Trinajstić information content (AvgIpc) is 2.92. The summed E-state index contributed by atoms with van der Waals surface area (Å²) in [6, 6.07) is 14.0. The van der Waals surface area contributed by atoms with Gasteiger partial charge < -0.3 is 28.4 Å². The summed E-state index contributed by atoms with van der Waals surface area (Å²) in [5.74, 6) is 0.551. The number of ether oxygens (including phenoxy) is 6. The molecule has 37 heavy (non-hydrogen) atoms. The van der Waals surface area contributed by atoms with E-state index in [9.17, 15) is 9.59 Å². The molecule has 0 amide bonds. The highest BCUT2D eigenvalue weighted by molar-refractivity contribution is 6.11. The Kier molecular flexibility index (Phi) is 10.9. The van der Waals surface area contributed by atoms with Crippen LogP contribution < -0.4 is 9.47 Å². The number of hydrogen-bond donors (Lipinski definition) is 0. The number of carbonyl (C=O) groups excluding carboxylic acids is 2. The van der Waals surface area contributed by atoms with E-state index in [0.29, 0.717) is 26.4 Å². The van der Waals surface area contributed by atoms with Crippen LogP contribution in [0.15, 0.2) is 67.8 Å². The van der Waals surface area contributed by atoms with Crippen molar-refractivity contribution in [3.63, 3.8) is 0 Å². The maximum absolute atomic E-state index is 11.1. The predicted molar refractivity (Wildman–Crippen MR) is 141 cm³/mol. The Labute approximate surface area is 216 Å². The molecule has 0 spiro atoms. The van der Waals surface area contributed by atoms with Gasteiger partial charge in [0.15, 0.2) is 0 Å². The Balaban J connectivity index is 1.68. The molecule has 0 saturated heterocycles. The predicted octanol–water partition coefficient (Wildman–Crippen LogP) is 4.55. The molecule has 0 saturated carbocycles. The molecule has 0 bridgehead atoms. The van der Waals surface area contributed by atoms with Crippen molar-refractivity contribution in [2.24, 2.45) is 0 Å². The fraction of sp³-hybridized carbons (Fsp3) is 0.310. The normalized spacial score (nSPS) is 10.7. The maximum atomic E-state index is 11.1. The lowest BCUT2D eigenvalue weighted by Gasteiger charge is -2.18. The van der Waals surface area contributed by atoms with Crippen LogP contribution in [-0.2, 0) is 28.5 Å². The summed E-state index contributed by atoms with van der Waals surface area (Å²) < 4.78 is 33.3. The minimum Gasteiger partial charge on any atom is -0.490 e. The topological polar surface area (TPSA) is 89.5 Å². The average molecular weight is 509 g/mol. The van der Waals surface area contributed by atoms with Gasteiger partial charge in [-0.3, -0.25) is 0 Å². The van der Waals surface area contributed by atoms with Gasteiger partial charge in [-0.05, 0) is 13.0 Å². The number of esters is 2. The van der Waals surface area contributed by atoms with Gasteiger partial charge in [-0.15, -0.1) is 0 Å². The van der Waals surface area contributed by atoms with E-state index in [2.05, 4.69) is 19.2 Å². The second-order valence-electron chi connectivity index (χ2n) is 7.92. The first-order valence-corrected chi connectivity index (χ1v) is 12.0. The Morgan fingerprint density at radius 3 is 1.62 bits per heavy atom. The SMILES string of the molecule is C=CC(=O)OCCOCCOc1c2ccccc2c(OCCOCCOC(=O)C=C)c2cc(C)ccc12. The van der Waals surface area contributed by atoms with E-state index in [-0.39, 0.29) is 26.4 Å². The third-order valence-corrected chi connectivity index (χ3v) is 5.31. The molecule has 0 aliphatic rings. The molecule has 0 atom stereocenters. The van der Waals surface area contributed by atoms with Crippen LogP contribution in [0.4, 0.5) is 0 Å². The van der Waals surface area contributed by atoms with Gasteiger partial charge in [0.2, 0.25) is 0 Å². The zero-order valence-electron chi connectivity index (χ0n) is 21.0. The zero-order valence-corrected chi connectivity index (χ0v) is 21.0. The molecule has 8 nitrogen and oxygen atoms in total. The number of rotatable bonds is 16. The van der Waals surface area contributed by atoms with E-state index in [0.717, 1.165) is 50.8 Å². The van der Waals surface area contributed by atoms with Crippen LogP contribution in [0.1, 0.15) is 5.56 Å². The van der Waals surface area contributed by atoms with Crippen molar-refractivity contribution in [3.8, 4) is 11.5 Å². The molecule has 3 aromatic rings. The summed E-state index contributed by atoms with van der Waals surface area (Å²) in [6.45, 7) is 10.9. The molecular weight excluding hydrogens is 476 g/mol. The van der Waals surface area contributed by atoms with Crippen LogP contribution in [-0.4, -0.2) is 64.8 Å². The molecule has 196 valence electrons. The van der Waals surface area contributed by atoms with Gasteiger partial charge in [-0.25, -0.2) is 9.59 Å². The Morgan fingerprint density at radius 1 is 0.649 bits per heavy atom. The molecular formula is C29H32O8. The number of fused-ring (bicyclic) bond motifs is 2. The summed E-state index contributed by atoms with van der Waals surface area (Å²) in [6.07, 6.45) is 2.23. The van der Waals surface area contributed by atoms with Crippen LogP contribution in [0, 0.1) is 6.92 Å². The highest BCUT2D eigenvalue weighted by Crippen LogP contribution is 2.43. The second-order valence-corrected chi connectivity index (χ2v) is 7.92. The monoisotopic (exact) mass is 508 g/mol. The largest absolute Gasteiger partial charge is 0.490 e. The van der Waals surface area contributed by atoms with Gasteiger partial charge in [0.1, 0.15) is 37.9 Å². The molecule has 0 aliphatic heterocycles. The summed E-state index contributed by atoms with van der Waals surface area (Å²) in [5, 5.41) is 3.71. The lowest BCUT2D eigenvalue weighted by atomic mass is 9.99. The van der Waals surface area contributed by atoms with Crippen molar-refractivity contribution in [1.82, 2.24) is 0 Å². The smallest absolute Gasteiger partial charge is 0.330 e. The summed E-state index contributed by atoms with van der Waals surface area (Å²) in [4.78, 5) is 22.2. The molecule has 3 rings (SSSR count). The summed E-state index contributed by atoms with van der Waals surface area (Å²) >= 11 is 0. The van der Waals surface area contributed by atoms with Crippen molar-refractivity contribution in [2.45, 2.75) is 6.92 Å². The maximum Gasteiger partial charge on any atom is 0.330 e. The fourth-order valence-corrected chi connectivity index (χ4v) is 3.65. The second kappa shape index (κ2) is 14.6. The summed E-state index contributed by atoms with van der Waals surface area (Å²) in [5.41, 5.74) is 1.09. The first-order valence-electron chi connectivity index (χ1n) is 12.0. The molecule has 0 heterocycles. The van der Waals surface area contributed by atoms with E-state index in [1.54, 1.807) is 0 Å². The van der Waals surface area contributed by atoms with Crippen molar-refractivity contribution in [2.75, 3.05) is 52.9 Å². The standard InChI is InChI=1S/C29H32O8/c1-4-26(30)34-16-12-32-14-18-36-28-22-8-6-7-9-23(22)29(25-20-21(3)10-11-24(25)28)37-19-15-33-13-17-35-27(31)5-2/h4-11,20H,1-2,12-19H2,3H3. The molecule has 0 unspecified atom stereocenters. The molecule has 8 heteroatoms. The number of hydrogen-bond acceptors (Lipinski definition) is 8. The Morgan fingerprint density at radius 2 is 1.11 bits per heavy atom. The van der Waals surface area contributed by atoms with E-state index < -0.39 is 11.9 Å². The Bertz CT molecular complexity index is 1230. The van der Waals surface area contributed by atoms with E-state index >= 15 is 0 Å². The number of benzene rings is 3. The van der Waals surface area contributed by atoms with Gasteiger partial charge in [-0.1, -0.05) is 55.1 Å². The van der Waals surface area contributed by atoms with Crippen LogP contribution in [0.2, 0.25) is 0 Å². The molecule has 0 radical (unpaired) electrons. The van der Waals surface area contributed by atoms with Crippen LogP contribution >= 0.6 is 0 Å². The zero-order chi connectivity index (χ0) is 26.5. The summed E-state index contributed by atoms with van der Waals surface area (Å²) in [7, 11) is 0. The Hall–Kier alpha value is -3.88. The third kappa shape index (κ3) is 8.06. The van der Waals surface area contributed by atoms with Crippen LogP contribution in [0.3, 0.4) is 0 Å². The van der Waals surface area contributed by atoms with E-state index in [4.69, 9.17) is 28.4 Å². The van der Waals surface area contributed by atoms with Crippen LogP contribution in [0.5, 0.6) is 11.5 Å². The minimum absolute atomic E-state index is 0.158. The van der Waals surface area contributed by atoms with Crippen LogP contribution in [0.25, 0.3) is 21.5 Å². The van der Waals surface area contributed by atoms with Gasteiger partial charge in [0.05, 0.1) is 26.4 Å². The lowest BCUT2D eigenvalue weighted by Crippen LogP contribution is -2.13. The lowest BCUT2D eigenvalue weighted by molar-refractivity contribution is -0.140. The first-order chi connectivity index (χ1) is 18.0. The van der Waals surface area contributed by atoms with Gasteiger partial charge in [0.25, 0.3) is 0 Å². The molecule has 3 aromatic carbocycles. The van der Waals surface area contributed by atoms with E-state index in [1.165, 1.54) is 0 Å². The van der Waals surface area contributed by atoms with Gasteiger partial charge in [-0.2, -0.15) is 0 Å². The minimum atomic E-state index is -0.476. The van der Waals surface area contributed by atoms with E-state index in [1.807, 2.05) is 43.3 Å². The third-order valence-electron chi connectivity index (χ3n) is 5.31. The van der Waals surface area contributed by atoms with Crippen molar-refractivity contribution in [3.05, 3.63) is 73.3 Å². The molecule has 0 fully saturated rings. The van der Waals surface area contributed by atoms with Crippen molar-refractivity contribution < 1.29 is 38.0 Å². The highest BCUT2D eigenvalue weighted by Gasteiger charge is 2.16. The molecule has 0 aliphatic carbocycles. The number of aryl methyl sites for hydroxylation is 1. The highest BCUT2D eigenvalue weighted by atomic mass is 16.6. The van der Waals surface area contributed by atoms with Crippen molar-refractivity contribution >= 4 is 33.5 Å². The van der Waals surface area contributed by atoms with Crippen molar-refractivity contribution in [1.29, 1.82) is 0 Å². The number of carbonyl (C=O) groups is 2. The molecule has 0 N–H and O–H groups in total. The quantitative estimate of drug-likeness (QED) is 0.121. The van der Waals surface area contributed by atoms with Gasteiger partial charge >= 0.3 is 11.9 Å². The first kappa shape index (κ1) is 27.7.